The van der Waals surface area contributed by atoms with Gasteiger partial charge in [-0.05, 0) is 63.3 Å². The van der Waals surface area contributed by atoms with Gasteiger partial charge in [-0.2, -0.15) is 0 Å². The lowest BCUT2D eigenvalue weighted by atomic mass is 9.85. The second-order valence-corrected chi connectivity index (χ2v) is 10.6. The molecule has 0 unspecified atom stereocenters. The highest BCUT2D eigenvalue weighted by Gasteiger charge is 2.31. The molecule has 0 bridgehead atoms. The van der Waals surface area contributed by atoms with Gasteiger partial charge in [0.2, 0.25) is 0 Å². The Labute approximate surface area is 240 Å². The van der Waals surface area contributed by atoms with Gasteiger partial charge in [0.15, 0.2) is 0 Å². The van der Waals surface area contributed by atoms with Crippen molar-refractivity contribution in [3.8, 4) is 11.5 Å². The minimum absolute atomic E-state index is 0.0142. The minimum Gasteiger partial charge on any atom is -0.496 e. The molecule has 0 atom stereocenters. The lowest BCUT2D eigenvalue weighted by molar-refractivity contribution is 0.0592. The molecule has 1 saturated carbocycles. The van der Waals surface area contributed by atoms with Crippen molar-refractivity contribution in [1.82, 2.24) is 19.7 Å². The van der Waals surface area contributed by atoms with Gasteiger partial charge in [0, 0.05) is 67.9 Å². The van der Waals surface area contributed by atoms with E-state index in [1.54, 1.807) is 14.2 Å². The molecule has 1 aliphatic carbocycles. The van der Waals surface area contributed by atoms with E-state index in [2.05, 4.69) is 47.5 Å². The molecule has 1 aromatic carbocycles. The summed E-state index contributed by atoms with van der Waals surface area (Å²) >= 11 is 0. The van der Waals surface area contributed by atoms with Crippen LogP contribution in [-0.4, -0.2) is 78.6 Å². The van der Waals surface area contributed by atoms with Crippen molar-refractivity contribution >= 4 is 17.2 Å². The van der Waals surface area contributed by atoms with Crippen LogP contribution in [0.1, 0.15) is 80.6 Å². The zero-order chi connectivity index (χ0) is 28.8. The molecule has 7 heteroatoms. The van der Waals surface area contributed by atoms with Crippen molar-refractivity contribution in [2.45, 2.75) is 59.4 Å². The van der Waals surface area contributed by atoms with E-state index < -0.39 is 0 Å². The predicted molar refractivity (Wildman–Crippen MR) is 164 cm³/mol. The number of nitrogens with zero attached hydrogens (tertiary/aromatic N) is 3. The summed E-state index contributed by atoms with van der Waals surface area (Å²) in [5, 5.41) is 0. The SMILES string of the molecule is C=CCCN1C=C(c2cc(OC)c(C(=O)N3CCN(C(C)C)CC3)cc2OC)c2cc[nH]c2C1=C1CCC1.CC. The monoisotopic (exact) mass is 546 g/mol. The number of ether oxygens (including phenoxy) is 2. The molecule has 2 aromatic rings. The number of nitrogens with one attached hydrogen (secondary N) is 1. The molecular weight excluding hydrogens is 500 g/mol. The summed E-state index contributed by atoms with van der Waals surface area (Å²) in [5.74, 6) is 1.22. The Kier molecular flexibility index (Phi) is 9.80. The number of hydrogen-bond donors (Lipinski definition) is 1. The number of carbonyl (C=O) groups is 1. The molecule has 2 aliphatic heterocycles. The third-order valence-corrected chi connectivity index (χ3v) is 8.09. The number of hydrogen-bond acceptors (Lipinski definition) is 5. The van der Waals surface area contributed by atoms with Crippen LogP contribution in [0.15, 0.2) is 48.8 Å². The van der Waals surface area contributed by atoms with Gasteiger partial charge in [-0.25, -0.2) is 0 Å². The van der Waals surface area contributed by atoms with Crippen LogP contribution in [0, 0.1) is 0 Å². The van der Waals surface area contributed by atoms with Crippen LogP contribution < -0.4 is 9.47 Å². The summed E-state index contributed by atoms with van der Waals surface area (Å²) in [6, 6.07) is 6.43. The Bertz CT molecular complexity index is 1260. The van der Waals surface area contributed by atoms with Crippen molar-refractivity contribution in [2.75, 3.05) is 46.9 Å². The van der Waals surface area contributed by atoms with Gasteiger partial charge in [-0.1, -0.05) is 19.9 Å². The number of allylic oxidation sites excluding steroid dienone is 1. The molecule has 7 nitrogen and oxygen atoms in total. The number of fused-ring (bicyclic) bond motifs is 1. The number of methoxy groups -OCH3 is 2. The summed E-state index contributed by atoms with van der Waals surface area (Å²) in [5.41, 5.74) is 7.57. The van der Waals surface area contributed by atoms with E-state index in [1.165, 1.54) is 17.7 Å². The van der Waals surface area contributed by atoms with Crippen LogP contribution in [0.3, 0.4) is 0 Å². The highest BCUT2D eigenvalue weighted by atomic mass is 16.5. The fraction of sp³-hybridized carbons (Fsp3) is 0.485. The molecule has 2 fully saturated rings. The molecule has 0 radical (unpaired) electrons. The molecule has 1 aromatic heterocycles. The van der Waals surface area contributed by atoms with Crippen molar-refractivity contribution in [2.24, 2.45) is 0 Å². The van der Waals surface area contributed by atoms with Crippen molar-refractivity contribution in [1.29, 1.82) is 0 Å². The Balaban J connectivity index is 0.00000181. The molecular formula is C33H46N4O3. The molecule has 0 spiro atoms. The lowest BCUT2D eigenvalue weighted by Crippen LogP contribution is -2.50. The molecule has 3 heterocycles. The molecule has 5 rings (SSSR count). The number of H-pyrrole nitrogens is 1. The topological polar surface area (TPSA) is 61.0 Å². The fourth-order valence-electron chi connectivity index (χ4n) is 5.70. The van der Waals surface area contributed by atoms with Gasteiger partial charge in [0.1, 0.15) is 11.5 Å². The first-order chi connectivity index (χ1) is 19.5. The zero-order valence-corrected chi connectivity index (χ0v) is 25.2. The van der Waals surface area contributed by atoms with Crippen LogP contribution in [0.2, 0.25) is 0 Å². The van der Waals surface area contributed by atoms with E-state index in [-0.39, 0.29) is 5.91 Å². The van der Waals surface area contributed by atoms with Crippen molar-refractivity contribution in [3.63, 3.8) is 0 Å². The minimum atomic E-state index is -0.0142. The lowest BCUT2D eigenvalue weighted by Gasteiger charge is -2.37. The van der Waals surface area contributed by atoms with E-state index >= 15 is 0 Å². The molecule has 1 amide bonds. The first-order valence-corrected chi connectivity index (χ1v) is 14.8. The van der Waals surface area contributed by atoms with Gasteiger partial charge in [-0.3, -0.25) is 9.69 Å². The normalized spacial score (nSPS) is 17.0. The maximum absolute atomic E-state index is 13.6. The first kappa shape index (κ1) is 29.5. The van der Waals surface area contributed by atoms with Gasteiger partial charge >= 0.3 is 0 Å². The average molecular weight is 547 g/mol. The van der Waals surface area contributed by atoms with Crippen LogP contribution in [0.5, 0.6) is 11.5 Å². The Hall–Kier alpha value is -3.45. The largest absolute Gasteiger partial charge is 0.496 e. The third-order valence-electron chi connectivity index (χ3n) is 8.09. The number of amides is 1. The second kappa shape index (κ2) is 13.3. The fourth-order valence-corrected chi connectivity index (χ4v) is 5.70. The van der Waals surface area contributed by atoms with E-state index in [1.807, 2.05) is 43.2 Å². The molecule has 216 valence electrons. The van der Waals surface area contributed by atoms with E-state index in [0.29, 0.717) is 36.2 Å². The number of piperazine rings is 1. The summed E-state index contributed by atoms with van der Waals surface area (Å²) in [4.78, 5) is 23.8. The Morgan fingerprint density at radius 2 is 1.75 bits per heavy atom. The smallest absolute Gasteiger partial charge is 0.257 e. The van der Waals surface area contributed by atoms with Crippen LogP contribution in [0.4, 0.5) is 0 Å². The third kappa shape index (κ3) is 5.71. The summed E-state index contributed by atoms with van der Waals surface area (Å²) in [7, 11) is 3.30. The van der Waals surface area contributed by atoms with Crippen molar-refractivity contribution < 1.29 is 14.3 Å². The van der Waals surface area contributed by atoms with Gasteiger partial charge in [0.05, 0.1) is 31.2 Å². The maximum Gasteiger partial charge on any atom is 0.257 e. The average Bonchev–Trinajstić information content (AvgIpc) is 3.46. The number of rotatable bonds is 8. The van der Waals surface area contributed by atoms with E-state index in [9.17, 15) is 4.79 Å². The Morgan fingerprint density at radius 3 is 2.33 bits per heavy atom. The number of benzene rings is 1. The number of carbonyl (C=O) groups excluding carboxylic acids is 1. The standard InChI is InChI=1S/C31H40N4O3.C2H6/c1-6-7-13-35-20-26(23-11-12-32-29(23)30(35)22-9-8-10-22)24-18-28(38-5)25(19-27(24)37-4)31(36)34-16-14-33(15-17-34)21(2)3;1-2/h6,11-12,18-21,32H,1,7-10,13-17H2,2-5H3;1-2H3. The Morgan fingerprint density at radius 1 is 1.05 bits per heavy atom. The van der Waals surface area contributed by atoms with Crippen molar-refractivity contribution in [3.05, 3.63) is 71.2 Å². The number of aromatic nitrogens is 1. The quantitative estimate of drug-likeness (QED) is 0.388. The maximum atomic E-state index is 13.6. The zero-order valence-electron chi connectivity index (χ0n) is 25.2. The highest BCUT2D eigenvalue weighted by Crippen LogP contribution is 2.45. The second-order valence-electron chi connectivity index (χ2n) is 10.6. The first-order valence-electron chi connectivity index (χ1n) is 14.8. The highest BCUT2D eigenvalue weighted by molar-refractivity contribution is 6.00. The van der Waals surface area contributed by atoms with Crippen LogP contribution in [-0.2, 0) is 0 Å². The molecule has 1 saturated heterocycles. The van der Waals surface area contributed by atoms with Crippen LogP contribution in [0.25, 0.3) is 11.3 Å². The van der Waals surface area contributed by atoms with Crippen LogP contribution >= 0.6 is 0 Å². The predicted octanol–water partition coefficient (Wildman–Crippen LogP) is 6.40. The molecule has 40 heavy (non-hydrogen) atoms. The number of aromatic amines is 1. The van der Waals surface area contributed by atoms with E-state index in [4.69, 9.17) is 9.47 Å². The summed E-state index contributed by atoms with van der Waals surface area (Å²) < 4.78 is 11.7. The summed E-state index contributed by atoms with van der Waals surface area (Å²) in [6.07, 6.45) is 10.6. The molecule has 1 N–H and O–H groups in total. The summed E-state index contributed by atoms with van der Waals surface area (Å²) in [6.45, 7) is 16.4. The van der Waals surface area contributed by atoms with Gasteiger partial charge in [0.25, 0.3) is 5.91 Å². The van der Waals surface area contributed by atoms with Gasteiger partial charge < -0.3 is 24.3 Å². The molecule has 3 aliphatic rings. The van der Waals surface area contributed by atoms with E-state index in [0.717, 1.165) is 61.3 Å². The van der Waals surface area contributed by atoms with Gasteiger partial charge in [-0.15, -0.1) is 6.58 Å².